The minimum atomic E-state index is -0.0199. The van der Waals surface area contributed by atoms with Gasteiger partial charge in [-0.1, -0.05) is 36.8 Å². The van der Waals surface area contributed by atoms with Gasteiger partial charge in [0.15, 0.2) is 5.96 Å². The first-order valence-corrected chi connectivity index (χ1v) is 9.89. The molecule has 1 aromatic carbocycles. The van der Waals surface area contributed by atoms with Gasteiger partial charge >= 0.3 is 0 Å². The molecule has 2 N–H and O–H groups in total. The lowest BCUT2D eigenvalue weighted by molar-refractivity contribution is -0.127. The number of hydrogen-bond donors (Lipinski definition) is 2. The van der Waals surface area contributed by atoms with Crippen LogP contribution in [0.25, 0.3) is 0 Å². The molecule has 0 spiro atoms. The first kappa shape index (κ1) is 20.0. The van der Waals surface area contributed by atoms with Crippen molar-refractivity contribution in [3.63, 3.8) is 0 Å². The third-order valence-electron chi connectivity index (χ3n) is 5.41. The second kappa shape index (κ2) is 9.44. The Morgan fingerprint density at radius 1 is 1.14 bits per heavy atom. The molecule has 1 heterocycles. The van der Waals surface area contributed by atoms with Crippen molar-refractivity contribution in [2.24, 2.45) is 4.99 Å². The molecule has 2 aromatic rings. The number of nitrogens with zero attached hydrogens (tertiary/aromatic N) is 2. The Kier molecular flexibility index (Phi) is 6.74. The maximum absolute atomic E-state index is 11.9. The standard InChI is InChI=1S/C22H30N4O2/c1-26(2)20(27)16-24-21(23-14-11-19-10-6-15-28-19)25-17-22(12-7-13-22)18-8-4-3-5-9-18/h3-6,8-10,15H,7,11-14,16-17H2,1-2H3,(H2,23,24,25). The van der Waals surface area contributed by atoms with Gasteiger partial charge in [-0.05, 0) is 30.5 Å². The maximum Gasteiger partial charge on any atom is 0.243 e. The van der Waals surface area contributed by atoms with Gasteiger partial charge in [-0.15, -0.1) is 0 Å². The molecule has 0 saturated heterocycles. The molecule has 0 unspecified atom stereocenters. The molecule has 28 heavy (non-hydrogen) atoms. The number of furan rings is 1. The van der Waals surface area contributed by atoms with Crippen molar-refractivity contribution in [2.45, 2.75) is 31.1 Å². The third kappa shape index (κ3) is 5.15. The lowest BCUT2D eigenvalue weighted by Crippen LogP contribution is -2.49. The summed E-state index contributed by atoms with van der Waals surface area (Å²) in [5, 5.41) is 6.81. The van der Waals surface area contributed by atoms with Gasteiger partial charge < -0.3 is 20.0 Å². The van der Waals surface area contributed by atoms with Gasteiger partial charge in [-0.25, -0.2) is 4.99 Å². The normalized spacial score (nSPS) is 15.6. The highest BCUT2D eigenvalue weighted by molar-refractivity contribution is 5.84. The van der Waals surface area contributed by atoms with E-state index in [9.17, 15) is 4.79 Å². The molecule has 1 aliphatic rings. The number of rotatable bonds is 8. The number of carbonyl (C=O) groups is 1. The van der Waals surface area contributed by atoms with E-state index < -0.39 is 0 Å². The van der Waals surface area contributed by atoms with Gasteiger partial charge in [-0.2, -0.15) is 0 Å². The fraction of sp³-hybridized carbons (Fsp3) is 0.455. The lowest BCUT2D eigenvalue weighted by Gasteiger charge is -2.43. The molecule has 1 fully saturated rings. The zero-order chi connectivity index (χ0) is 19.8. The van der Waals surface area contributed by atoms with Gasteiger partial charge in [0.1, 0.15) is 12.3 Å². The SMILES string of the molecule is CN(C)C(=O)CN=C(NCCc1ccco1)NCC1(c2ccccc2)CCC1. The number of benzene rings is 1. The molecule has 6 nitrogen and oxygen atoms in total. The van der Waals surface area contributed by atoms with Crippen LogP contribution in [0.3, 0.4) is 0 Å². The first-order chi connectivity index (χ1) is 13.6. The van der Waals surface area contributed by atoms with Crippen molar-refractivity contribution in [1.82, 2.24) is 15.5 Å². The zero-order valence-corrected chi connectivity index (χ0v) is 16.8. The molecule has 0 atom stereocenters. The highest BCUT2D eigenvalue weighted by atomic mass is 16.3. The summed E-state index contributed by atoms with van der Waals surface area (Å²) in [5.41, 5.74) is 1.52. The molecular weight excluding hydrogens is 352 g/mol. The fourth-order valence-corrected chi connectivity index (χ4v) is 3.44. The Morgan fingerprint density at radius 3 is 2.54 bits per heavy atom. The summed E-state index contributed by atoms with van der Waals surface area (Å²) in [7, 11) is 3.49. The second-order valence-electron chi connectivity index (χ2n) is 7.56. The Morgan fingerprint density at radius 2 is 1.93 bits per heavy atom. The summed E-state index contributed by atoms with van der Waals surface area (Å²) >= 11 is 0. The van der Waals surface area contributed by atoms with Crippen LogP contribution in [0.1, 0.15) is 30.6 Å². The van der Waals surface area contributed by atoms with Gasteiger partial charge in [-0.3, -0.25) is 4.79 Å². The maximum atomic E-state index is 11.9. The summed E-state index contributed by atoms with van der Waals surface area (Å²) in [6.07, 6.45) is 6.02. The van der Waals surface area contributed by atoms with E-state index in [4.69, 9.17) is 4.42 Å². The summed E-state index contributed by atoms with van der Waals surface area (Å²) in [5.74, 6) is 1.58. The van der Waals surface area contributed by atoms with E-state index in [0.29, 0.717) is 12.5 Å². The van der Waals surface area contributed by atoms with E-state index in [1.165, 1.54) is 24.8 Å². The number of aliphatic imine (C=N–C) groups is 1. The number of amides is 1. The van der Waals surface area contributed by atoms with Crippen LogP contribution in [-0.4, -0.2) is 50.5 Å². The Balaban J connectivity index is 1.62. The quantitative estimate of drug-likeness (QED) is 0.544. The highest BCUT2D eigenvalue weighted by Crippen LogP contribution is 2.43. The predicted octanol–water partition coefficient (Wildman–Crippen LogP) is 2.57. The van der Waals surface area contributed by atoms with Crippen molar-refractivity contribution in [2.75, 3.05) is 33.7 Å². The minimum absolute atomic E-state index is 0.0199. The molecule has 0 aliphatic heterocycles. The van der Waals surface area contributed by atoms with Gasteiger partial charge in [0.25, 0.3) is 0 Å². The van der Waals surface area contributed by atoms with Gasteiger partial charge in [0.05, 0.1) is 6.26 Å². The number of likely N-dealkylation sites (N-methyl/N-ethyl adjacent to an activating group) is 1. The van der Waals surface area contributed by atoms with Crippen LogP contribution in [0.4, 0.5) is 0 Å². The number of guanidine groups is 1. The molecule has 3 rings (SSSR count). The van der Waals surface area contributed by atoms with Crippen LogP contribution in [-0.2, 0) is 16.6 Å². The van der Waals surface area contributed by atoms with Crippen molar-refractivity contribution >= 4 is 11.9 Å². The van der Waals surface area contributed by atoms with Gasteiger partial charge in [0, 0.05) is 39.0 Å². The second-order valence-corrected chi connectivity index (χ2v) is 7.56. The first-order valence-electron chi connectivity index (χ1n) is 9.89. The van der Waals surface area contributed by atoms with E-state index >= 15 is 0 Å². The van der Waals surface area contributed by atoms with E-state index in [0.717, 1.165) is 18.7 Å². The molecule has 1 aliphatic carbocycles. The van der Waals surface area contributed by atoms with Crippen LogP contribution in [0.5, 0.6) is 0 Å². The van der Waals surface area contributed by atoms with Crippen molar-refractivity contribution in [3.05, 3.63) is 60.1 Å². The molecular formula is C22H30N4O2. The van der Waals surface area contributed by atoms with Crippen LogP contribution >= 0.6 is 0 Å². The average molecular weight is 383 g/mol. The van der Waals surface area contributed by atoms with Crippen LogP contribution in [0, 0.1) is 0 Å². The fourth-order valence-electron chi connectivity index (χ4n) is 3.44. The predicted molar refractivity (Wildman–Crippen MR) is 111 cm³/mol. The molecule has 1 aromatic heterocycles. The zero-order valence-electron chi connectivity index (χ0n) is 16.8. The van der Waals surface area contributed by atoms with E-state index in [2.05, 4.69) is 46.0 Å². The Labute approximate surface area is 167 Å². The van der Waals surface area contributed by atoms with Crippen LogP contribution < -0.4 is 10.6 Å². The van der Waals surface area contributed by atoms with E-state index in [1.54, 1.807) is 25.3 Å². The third-order valence-corrected chi connectivity index (χ3v) is 5.41. The molecule has 6 heteroatoms. The highest BCUT2D eigenvalue weighted by Gasteiger charge is 2.38. The number of hydrogen-bond acceptors (Lipinski definition) is 3. The van der Waals surface area contributed by atoms with E-state index in [-0.39, 0.29) is 17.9 Å². The Hall–Kier alpha value is -2.76. The summed E-state index contributed by atoms with van der Waals surface area (Å²) < 4.78 is 5.38. The molecule has 150 valence electrons. The summed E-state index contributed by atoms with van der Waals surface area (Å²) in [4.78, 5) is 18.0. The lowest BCUT2D eigenvalue weighted by atomic mass is 9.64. The van der Waals surface area contributed by atoms with Crippen molar-refractivity contribution < 1.29 is 9.21 Å². The number of nitrogens with one attached hydrogen (secondary N) is 2. The monoisotopic (exact) mass is 382 g/mol. The Bertz CT molecular complexity index is 765. The molecule has 1 saturated carbocycles. The number of carbonyl (C=O) groups excluding carboxylic acids is 1. The smallest absolute Gasteiger partial charge is 0.243 e. The summed E-state index contributed by atoms with van der Waals surface area (Å²) in [6, 6.07) is 14.5. The summed E-state index contributed by atoms with van der Waals surface area (Å²) in [6.45, 7) is 1.62. The van der Waals surface area contributed by atoms with Gasteiger partial charge in [0.2, 0.25) is 5.91 Å². The van der Waals surface area contributed by atoms with E-state index in [1.807, 2.05) is 12.1 Å². The van der Waals surface area contributed by atoms with Crippen molar-refractivity contribution in [1.29, 1.82) is 0 Å². The largest absolute Gasteiger partial charge is 0.469 e. The minimum Gasteiger partial charge on any atom is -0.469 e. The molecule has 1 amide bonds. The van der Waals surface area contributed by atoms with Crippen LogP contribution in [0.15, 0.2) is 58.1 Å². The van der Waals surface area contributed by atoms with Crippen LogP contribution in [0.2, 0.25) is 0 Å². The topological polar surface area (TPSA) is 69.9 Å². The molecule has 0 bridgehead atoms. The average Bonchev–Trinajstić information content (AvgIpc) is 3.18. The molecule has 0 radical (unpaired) electrons. The van der Waals surface area contributed by atoms with Crippen molar-refractivity contribution in [3.8, 4) is 0 Å².